The van der Waals surface area contributed by atoms with Crippen LogP contribution in [0.25, 0.3) is 0 Å². The van der Waals surface area contributed by atoms with Gasteiger partial charge in [-0.2, -0.15) is 0 Å². The number of carbonyl (C=O) groups excluding carboxylic acids is 1. The van der Waals surface area contributed by atoms with Crippen LogP contribution in [-0.4, -0.2) is 18.0 Å². The lowest BCUT2D eigenvalue weighted by Gasteiger charge is -2.37. The highest BCUT2D eigenvalue weighted by atomic mass is 16.7. The number of fused-ring (bicyclic) bond motifs is 2. The van der Waals surface area contributed by atoms with E-state index in [1.807, 2.05) is 5.06 Å². The molecular formula is C32H53NO3. The van der Waals surface area contributed by atoms with Gasteiger partial charge in [-0.3, -0.25) is 9.63 Å². The van der Waals surface area contributed by atoms with E-state index in [0.29, 0.717) is 13.0 Å². The molecule has 0 fully saturated rings. The largest absolute Gasteiger partial charge is 0.487 e. The summed E-state index contributed by atoms with van der Waals surface area (Å²) in [5.74, 6) is 3.76. The quantitative estimate of drug-likeness (QED) is 0.212. The molecule has 3 atom stereocenters. The lowest BCUT2D eigenvalue weighted by atomic mass is 9.84. The first kappa shape index (κ1) is 29.0. The zero-order chi connectivity index (χ0) is 26.5. The Morgan fingerprint density at radius 2 is 1.53 bits per heavy atom. The normalized spacial score (nSPS) is 20.1. The molecule has 2 aliphatic rings. The van der Waals surface area contributed by atoms with E-state index in [1.165, 1.54) is 73.7 Å². The number of hydrogen-bond acceptors (Lipinski definition) is 4. The van der Waals surface area contributed by atoms with Gasteiger partial charge in [-0.05, 0) is 82.3 Å². The summed E-state index contributed by atoms with van der Waals surface area (Å²) in [4.78, 5) is 17.2. The first-order valence-corrected chi connectivity index (χ1v) is 14.8. The molecule has 204 valence electrons. The van der Waals surface area contributed by atoms with E-state index in [1.54, 1.807) is 6.92 Å². The molecule has 0 aromatic heterocycles. The van der Waals surface area contributed by atoms with Crippen molar-refractivity contribution in [2.24, 2.45) is 17.8 Å². The highest BCUT2D eigenvalue weighted by Gasteiger charge is 2.42. The average Bonchev–Trinajstić information content (AvgIpc) is 3.51. The Balaban J connectivity index is 1.43. The number of anilines is 2. The van der Waals surface area contributed by atoms with Gasteiger partial charge in [0, 0.05) is 12.0 Å². The average molecular weight is 500 g/mol. The highest BCUT2D eigenvalue weighted by Crippen LogP contribution is 2.59. The van der Waals surface area contributed by atoms with Gasteiger partial charge >= 0.3 is 0 Å². The molecular weight excluding hydrogens is 446 g/mol. The summed E-state index contributed by atoms with van der Waals surface area (Å²) in [6.07, 6.45) is 14.5. The van der Waals surface area contributed by atoms with Crippen LogP contribution in [0.1, 0.15) is 129 Å². The molecule has 0 saturated carbocycles. The minimum atomic E-state index is -0.0850. The van der Waals surface area contributed by atoms with Gasteiger partial charge in [0.25, 0.3) is 0 Å². The van der Waals surface area contributed by atoms with Crippen molar-refractivity contribution >= 4 is 17.2 Å². The first-order chi connectivity index (χ1) is 17.0. The van der Waals surface area contributed by atoms with Crippen LogP contribution in [0.5, 0.6) is 5.75 Å². The number of carbonyl (C=O) groups is 1. The van der Waals surface area contributed by atoms with Crippen molar-refractivity contribution in [3.63, 3.8) is 0 Å². The summed E-state index contributed by atoms with van der Waals surface area (Å²) >= 11 is 0. The molecule has 0 spiro atoms. The fraction of sp³-hybridized carbons (Fsp3) is 0.781. The molecule has 1 aromatic rings. The van der Waals surface area contributed by atoms with Crippen molar-refractivity contribution in [3.8, 4) is 5.75 Å². The number of nitrogens with zero attached hydrogens (tertiary/aromatic N) is 1. The number of benzene rings is 1. The minimum Gasteiger partial charge on any atom is -0.487 e. The molecule has 4 heteroatoms. The van der Waals surface area contributed by atoms with Crippen LogP contribution in [0, 0.1) is 31.6 Å². The van der Waals surface area contributed by atoms with Gasteiger partial charge in [-0.1, -0.05) is 72.6 Å². The lowest BCUT2D eigenvalue weighted by Crippen LogP contribution is -2.36. The molecule has 36 heavy (non-hydrogen) atoms. The second-order valence-electron chi connectivity index (χ2n) is 12.7. The summed E-state index contributed by atoms with van der Waals surface area (Å²) < 4.78 is 6.75. The summed E-state index contributed by atoms with van der Waals surface area (Å²) in [6, 6.07) is 0. The van der Waals surface area contributed by atoms with E-state index in [9.17, 15) is 4.79 Å². The van der Waals surface area contributed by atoms with Crippen LogP contribution in [0.15, 0.2) is 0 Å². The fourth-order valence-corrected chi connectivity index (χ4v) is 5.97. The maximum absolute atomic E-state index is 11.3. The Labute approximate surface area is 221 Å². The molecule has 2 heterocycles. The van der Waals surface area contributed by atoms with Crippen LogP contribution in [0.4, 0.5) is 11.4 Å². The minimum absolute atomic E-state index is 0.0850. The van der Waals surface area contributed by atoms with E-state index in [4.69, 9.17) is 9.57 Å². The van der Waals surface area contributed by atoms with E-state index in [2.05, 4.69) is 48.5 Å². The molecule has 0 amide bonds. The SMILES string of the molecule is CC(=O)CCON1c2c(C)c3c(c(C)c21)OC(C)(CCCC(C)CCCC(C)CCCC(C)C)CC3. The number of ketones is 1. The molecule has 0 N–H and O–H groups in total. The van der Waals surface area contributed by atoms with Crippen molar-refractivity contribution in [3.05, 3.63) is 16.7 Å². The zero-order valence-electron chi connectivity index (χ0n) is 24.6. The van der Waals surface area contributed by atoms with Crippen molar-refractivity contribution in [1.29, 1.82) is 0 Å². The van der Waals surface area contributed by atoms with Crippen LogP contribution >= 0.6 is 0 Å². The zero-order valence-corrected chi connectivity index (χ0v) is 24.6. The van der Waals surface area contributed by atoms with Gasteiger partial charge in [0.05, 0.1) is 12.3 Å². The van der Waals surface area contributed by atoms with Crippen molar-refractivity contribution in [1.82, 2.24) is 0 Å². The number of ether oxygens (including phenoxy) is 1. The number of Topliss-reactive ketones (excluding diaryl/α,β-unsaturated/α-hetero) is 1. The van der Waals surface area contributed by atoms with E-state index in [0.717, 1.165) is 48.5 Å². The predicted octanol–water partition coefficient (Wildman–Crippen LogP) is 9.19. The second-order valence-corrected chi connectivity index (χ2v) is 12.7. The fourth-order valence-electron chi connectivity index (χ4n) is 5.97. The number of rotatable bonds is 16. The van der Waals surface area contributed by atoms with Gasteiger partial charge in [0.2, 0.25) is 0 Å². The molecule has 4 nitrogen and oxygen atoms in total. The first-order valence-electron chi connectivity index (χ1n) is 14.8. The maximum atomic E-state index is 11.3. The van der Waals surface area contributed by atoms with E-state index < -0.39 is 0 Å². The molecule has 2 aliphatic heterocycles. The third-order valence-corrected chi connectivity index (χ3v) is 8.56. The molecule has 0 aliphatic carbocycles. The van der Waals surface area contributed by atoms with Crippen LogP contribution in [0.2, 0.25) is 0 Å². The Bertz CT molecular complexity index is 892. The standard InChI is InChI=1S/C32H53NO3/c1-22(2)12-9-13-23(3)14-10-15-24(4)16-11-19-32(8)20-17-28-26(6)29-30(27(7)31(28)36-32)33(29)35-21-18-25(5)34/h22-24H,9-21H2,1-8H3. The van der Waals surface area contributed by atoms with Crippen LogP contribution in [0.3, 0.4) is 0 Å². The Morgan fingerprint density at radius 1 is 0.944 bits per heavy atom. The van der Waals surface area contributed by atoms with Gasteiger partial charge in [0.15, 0.2) is 0 Å². The van der Waals surface area contributed by atoms with E-state index in [-0.39, 0.29) is 11.4 Å². The van der Waals surface area contributed by atoms with Gasteiger partial charge in [0.1, 0.15) is 22.8 Å². The van der Waals surface area contributed by atoms with Gasteiger partial charge < -0.3 is 4.74 Å². The molecule has 0 saturated heterocycles. The van der Waals surface area contributed by atoms with Crippen molar-refractivity contribution < 1.29 is 14.4 Å². The predicted molar refractivity (Wildman–Crippen MR) is 151 cm³/mol. The summed E-state index contributed by atoms with van der Waals surface area (Å²) in [5, 5.41) is 1.92. The van der Waals surface area contributed by atoms with Crippen LogP contribution in [-0.2, 0) is 16.1 Å². The lowest BCUT2D eigenvalue weighted by molar-refractivity contribution is -0.118. The molecule has 0 bridgehead atoms. The molecule has 3 rings (SSSR count). The molecule has 3 unspecified atom stereocenters. The van der Waals surface area contributed by atoms with Gasteiger partial charge in [-0.15, -0.1) is 0 Å². The Hall–Kier alpha value is -1.55. The maximum Gasteiger partial charge on any atom is 0.132 e. The summed E-state index contributed by atoms with van der Waals surface area (Å²) in [6.45, 7) is 18.2. The molecule has 1 aromatic carbocycles. The van der Waals surface area contributed by atoms with Gasteiger partial charge in [-0.25, -0.2) is 5.06 Å². The van der Waals surface area contributed by atoms with Crippen molar-refractivity contribution in [2.45, 2.75) is 138 Å². The topological polar surface area (TPSA) is 38.5 Å². The third-order valence-electron chi connectivity index (χ3n) is 8.56. The highest BCUT2D eigenvalue weighted by molar-refractivity contribution is 5.98. The smallest absolute Gasteiger partial charge is 0.132 e. The Morgan fingerprint density at radius 3 is 2.14 bits per heavy atom. The van der Waals surface area contributed by atoms with E-state index >= 15 is 0 Å². The molecule has 0 radical (unpaired) electrons. The monoisotopic (exact) mass is 499 g/mol. The summed E-state index contributed by atoms with van der Waals surface area (Å²) in [5.41, 5.74) is 6.06. The Kier molecular flexibility index (Phi) is 10.3. The van der Waals surface area contributed by atoms with Crippen LogP contribution < -0.4 is 9.80 Å². The second kappa shape index (κ2) is 12.8. The third kappa shape index (κ3) is 7.73. The number of hydrogen-bond donors (Lipinski definition) is 0. The van der Waals surface area contributed by atoms with Crippen molar-refractivity contribution in [2.75, 3.05) is 11.7 Å². The summed E-state index contributed by atoms with van der Waals surface area (Å²) in [7, 11) is 0.